The van der Waals surface area contributed by atoms with Crippen LogP contribution in [0.1, 0.15) is 26.7 Å². The van der Waals surface area contributed by atoms with Gasteiger partial charge in [0.1, 0.15) is 6.04 Å². The molecule has 2 rings (SSSR count). The van der Waals surface area contributed by atoms with Crippen LogP contribution in [0.2, 0.25) is 0 Å². The van der Waals surface area contributed by atoms with Gasteiger partial charge in [0.15, 0.2) is 0 Å². The number of nitrogens with one attached hydrogen (secondary N) is 1. The minimum Gasteiger partial charge on any atom is -0.468 e. The molecule has 0 aromatic rings. The van der Waals surface area contributed by atoms with E-state index in [9.17, 15) is 4.79 Å². The van der Waals surface area contributed by atoms with Gasteiger partial charge < -0.3 is 4.74 Å². The van der Waals surface area contributed by atoms with Gasteiger partial charge in [0.2, 0.25) is 0 Å². The highest BCUT2D eigenvalue weighted by molar-refractivity contribution is 8.00. The molecule has 0 radical (unpaired) electrons. The first kappa shape index (κ1) is 12.2. The standard InChI is InChI=1S/C12H21NO2S/c1-7-4-8(2)11-9(5-7)13-10(6-16-11)12(14)15-3/h7-11,13H,4-6H2,1-3H3. The van der Waals surface area contributed by atoms with Crippen molar-refractivity contribution in [2.45, 2.75) is 44.0 Å². The fraction of sp³-hybridized carbons (Fsp3) is 0.917. The molecule has 1 saturated heterocycles. The maximum Gasteiger partial charge on any atom is 0.323 e. The van der Waals surface area contributed by atoms with Crippen LogP contribution in [-0.4, -0.2) is 36.2 Å². The summed E-state index contributed by atoms with van der Waals surface area (Å²) < 4.78 is 4.81. The minimum atomic E-state index is -0.114. The molecule has 4 heteroatoms. The number of thioether (sulfide) groups is 1. The van der Waals surface area contributed by atoms with Gasteiger partial charge in [0, 0.05) is 17.0 Å². The van der Waals surface area contributed by atoms with E-state index in [0.717, 1.165) is 17.6 Å². The number of methoxy groups -OCH3 is 1. The van der Waals surface area contributed by atoms with E-state index in [-0.39, 0.29) is 12.0 Å². The van der Waals surface area contributed by atoms with Crippen molar-refractivity contribution in [2.75, 3.05) is 12.9 Å². The van der Waals surface area contributed by atoms with Crippen LogP contribution >= 0.6 is 11.8 Å². The zero-order valence-electron chi connectivity index (χ0n) is 10.2. The van der Waals surface area contributed by atoms with Crippen molar-refractivity contribution < 1.29 is 9.53 Å². The normalized spacial score (nSPS) is 43.6. The smallest absolute Gasteiger partial charge is 0.323 e. The molecule has 0 bridgehead atoms. The largest absolute Gasteiger partial charge is 0.468 e. The summed E-state index contributed by atoms with van der Waals surface area (Å²) in [7, 11) is 1.47. The molecule has 1 saturated carbocycles. The Kier molecular flexibility index (Phi) is 3.80. The second-order valence-electron chi connectivity index (χ2n) is 5.20. The third-order valence-corrected chi connectivity index (χ3v) is 5.45. The molecule has 1 N–H and O–H groups in total. The third-order valence-electron chi connectivity index (χ3n) is 3.74. The number of ether oxygens (including phenoxy) is 1. The predicted molar refractivity (Wildman–Crippen MR) is 66.5 cm³/mol. The highest BCUT2D eigenvalue weighted by Crippen LogP contribution is 2.39. The fourth-order valence-corrected chi connectivity index (χ4v) is 4.57. The summed E-state index contributed by atoms with van der Waals surface area (Å²) in [5.41, 5.74) is 0. The minimum absolute atomic E-state index is 0.103. The topological polar surface area (TPSA) is 38.3 Å². The second-order valence-corrected chi connectivity index (χ2v) is 6.41. The Hall–Kier alpha value is -0.220. The van der Waals surface area contributed by atoms with Gasteiger partial charge >= 0.3 is 5.97 Å². The molecule has 16 heavy (non-hydrogen) atoms. The third kappa shape index (κ3) is 2.38. The number of esters is 1. The lowest BCUT2D eigenvalue weighted by molar-refractivity contribution is -0.142. The molecule has 1 heterocycles. The molecule has 3 nitrogen and oxygen atoms in total. The molecule has 5 unspecified atom stereocenters. The van der Waals surface area contributed by atoms with Crippen molar-refractivity contribution in [3.8, 4) is 0 Å². The molecule has 1 aliphatic carbocycles. The second kappa shape index (κ2) is 4.96. The number of hydrogen-bond donors (Lipinski definition) is 1. The lowest BCUT2D eigenvalue weighted by Gasteiger charge is -2.44. The van der Waals surface area contributed by atoms with Gasteiger partial charge in [0.05, 0.1) is 7.11 Å². The highest BCUT2D eigenvalue weighted by atomic mass is 32.2. The summed E-state index contributed by atoms with van der Waals surface area (Å²) in [5, 5.41) is 4.15. The Morgan fingerprint density at radius 2 is 2.12 bits per heavy atom. The average Bonchev–Trinajstić information content (AvgIpc) is 2.27. The van der Waals surface area contributed by atoms with Crippen LogP contribution in [-0.2, 0) is 9.53 Å². The molecular formula is C12H21NO2S. The number of fused-ring (bicyclic) bond motifs is 1. The average molecular weight is 243 g/mol. The van der Waals surface area contributed by atoms with Gasteiger partial charge in [-0.1, -0.05) is 13.8 Å². The Labute approximate surface area is 102 Å². The molecule has 0 aromatic carbocycles. The van der Waals surface area contributed by atoms with Crippen LogP contribution in [0.25, 0.3) is 0 Å². The van der Waals surface area contributed by atoms with Crippen LogP contribution in [0, 0.1) is 11.8 Å². The van der Waals surface area contributed by atoms with E-state index in [4.69, 9.17) is 4.74 Å². The Morgan fingerprint density at radius 1 is 1.38 bits per heavy atom. The van der Waals surface area contributed by atoms with Crippen molar-refractivity contribution in [2.24, 2.45) is 11.8 Å². The molecular weight excluding hydrogens is 222 g/mol. The molecule has 2 aliphatic rings. The van der Waals surface area contributed by atoms with Gasteiger partial charge in [-0.3, -0.25) is 10.1 Å². The van der Waals surface area contributed by atoms with E-state index < -0.39 is 0 Å². The van der Waals surface area contributed by atoms with Crippen LogP contribution in [0.3, 0.4) is 0 Å². The summed E-state index contributed by atoms with van der Waals surface area (Å²) in [6, 6.07) is 0.385. The number of hydrogen-bond acceptors (Lipinski definition) is 4. The number of rotatable bonds is 1. The van der Waals surface area contributed by atoms with Crippen molar-refractivity contribution in [3.05, 3.63) is 0 Å². The van der Waals surface area contributed by atoms with Crippen LogP contribution in [0.5, 0.6) is 0 Å². The van der Waals surface area contributed by atoms with Crippen molar-refractivity contribution >= 4 is 17.7 Å². The fourth-order valence-electron chi connectivity index (χ4n) is 3.06. The lowest BCUT2D eigenvalue weighted by Crippen LogP contribution is -2.57. The van der Waals surface area contributed by atoms with E-state index >= 15 is 0 Å². The molecule has 5 atom stereocenters. The SMILES string of the molecule is COC(=O)C1CSC2C(C)CC(C)CC2N1. The Bertz CT molecular complexity index is 272. The summed E-state index contributed by atoms with van der Waals surface area (Å²) in [6.45, 7) is 4.64. The molecule has 0 spiro atoms. The molecule has 2 fully saturated rings. The zero-order chi connectivity index (χ0) is 11.7. The van der Waals surface area contributed by atoms with Gasteiger partial charge in [-0.15, -0.1) is 0 Å². The monoisotopic (exact) mass is 243 g/mol. The van der Waals surface area contributed by atoms with Gasteiger partial charge in [-0.25, -0.2) is 0 Å². The summed E-state index contributed by atoms with van der Waals surface area (Å²) in [5.74, 6) is 2.26. The first-order valence-corrected chi connectivity index (χ1v) is 7.12. The summed E-state index contributed by atoms with van der Waals surface area (Å²) >= 11 is 1.95. The molecule has 1 aliphatic heterocycles. The quantitative estimate of drug-likeness (QED) is 0.711. The van der Waals surface area contributed by atoms with Crippen LogP contribution in [0.4, 0.5) is 0 Å². The van der Waals surface area contributed by atoms with Crippen LogP contribution in [0.15, 0.2) is 0 Å². The first-order valence-electron chi connectivity index (χ1n) is 6.07. The molecule has 0 amide bonds. The Morgan fingerprint density at radius 3 is 2.81 bits per heavy atom. The van der Waals surface area contributed by atoms with E-state index in [1.54, 1.807) is 0 Å². The molecule has 92 valence electrons. The maximum absolute atomic E-state index is 11.5. The van der Waals surface area contributed by atoms with Crippen molar-refractivity contribution in [3.63, 3.8) is 0 Å². The Balaban J connectivity index is 2.00. The number of carbonyl (C=O) groups excluding carboxylic acids is 1. The first-order chi connectivity index (χ1) is 7.61. The summed E-state index contributed by atoms with van der Waals surface area (Å²) in [4.78, 5) is 11.5. The highest BCUT2D eigenvalue weighted by Gasteiger charge is 2.40. The lowest BCUT2D eigenvalue weighted by atomic mass is 9.79. The van der Waals surface area contributed by atoms with E-state index in [2.05, 4.69) is 19.2 Å². The van der Waals surface area contributed by atoms with Gasteiger partial charge in [-0.2, -0.15) is 11.8 Å². The van der Waals surface area contributed by atoms with Crippen molar-refractivity contribution in [1.82, 2.24) is 5.32 Å². The molecule has 0 aromatic heterocycles. The van der Waals surface area contributed by atoms with E-state index in [1.165, 1.54) is 20.0 Å². The maximum atomic E-state index is 11.5. The van der Waals surface area contributed by atoms with Gasteiger partial charge in [-0.05, 0) is 24.7 Å². The van der Waals surface area contributed by atoms with Gasteiger partial charge in [0.25, 0.3) is 0 Å². The zero-order valence-corrected chi connectivity index (χ0v) is 11.0. The van der Waals surface area contributed by atoms with E-state index in [1.807, 2.05) is 11.8 Å². The van der Waals surface area contributed by atoms with Crippen LogP contribution < -0.4 is 5.32 Å². The number of carbonyl (C=O) groups is 1. The summed E-state index contributed by atoms with van der Waals surface area (Å²) in [6.07, 6.45) is 2.51. The predicted octanol–water partition coefficient (Wildman–Crippen LogP) is 1.67. The van der Waals surface area contributed by atoms with Crippen molar-refractivity contribution in [1.29, 1.82) is 0 Å². The van der Waals surface area contributed by atoms with E-state index in [0.29, 0.717) is 11.3 Å².